The summed E-state index contributed by atoms with van der Waals surface area (Å²) in [6.07, 6.45) is 3.25. The van der Waals surface area contributed by atoms with Crippen molar-refractivity contribution in [1.82, 2.24) is 10.0 Å². The first-order valence-corrected chi connectivity index (χ1v) is 10.1. The molecule has 5 nitrogen and oxygen atoms in total. The monoisotopic (exact) mass is 372 g/mol. The second-order valence-corrected chi connectivity index (χ2v) is 8.06. The van der Waals surface area contributed by atoms with Crippen LogP contribution in [-0.4, -0.2) is 20.4 Å². The minimum absolute atomic E-state index is 0.0579. The van der Waals surface area contributed by atoms with Crippen molar-refractivity contribution in [3.63, 3.8) is 0 Å². The predicted octanol–water partition coefficient (Wildman–Crippen LogP) is 2.84. The van der Waals surface area contributed by atoms with Gasteiger partial charge in [-0.1, -0.05) is 54.6 Å². The largest absolute Gasteiger partial charge is 0.348 e. The van der Waals surface area contributed by atoms with E-state index in [1.54, 1.807) is 32.1 Å². The maximum absolute atomic E-state index is 11.9. The van der Waals surface area contributed by atoms with Crippen LogP contribution in [0.4, 0.5) is 0 Å². The molecule has 2 aromatic carbocycles. The number of sulfonamides is 1. The van der Waals surface area contributed by atoms with E-state index in [1.165, 1.54) is 6.08 Å². The first-order chi connectivity index (χ1) is 12.3. The number of hydrogen-bond donors (Lipinski definition) is 2. The molecule has 0 aliphatic rings. The van der Waals surface area contributed by atoms with Gasteiger partial charge in [-0.2, -0.15) is 0 Å². The summed E-state index contributed by atoms with van der Waals surface area (Å²) in [6, 6.07) is 16.6. The molecule has 0 unspecified atom stereocenters. The van der Waals surface area contributed by atoms with E-state index in [0.717, 1.165) is 11.1 Å². The molecule has 0 fully saturated rings. The summed E-state index contributed by atoms with van der Waals surface area (Å²) in [6.45, 7) is 3.96. The normalized spacial score (nSPS) is 11.8. The summed E-state index contributed by atoms with van der Waals surface area (Å²) in [5, 5.41) is 2.81. The molecule has 26 heavy (non-hydrogen) atoms. The van der Waals surface area contributed by atoms with Crippen LogP contribution in [0.3, 0.4) is 0 Å². The molecule has 0 saturated carbocycles. The van der Waals surface area contributed by atoms with Crippen LogP contribution < -0.4 is 10.0 Å². The molecule has 6 heteroatoms. The van der Waals surface area contributed by atoms with Gasteiger partial charge in [0.25, 0.3) is 0 Å². The lowest BCUT2D eigenvalue weighted by Crippen LogP contribution is -2.31. The van der Waals surface area contributed by atoms with Crippen LogP contribution in [-0.2, 0) is 27.1 Å². The molecule has 0 aliphatic heterocycles. The minimum Gasteiger partial charge on any atom is -0.348 e. The zero-order valence-electron chi connectivity index (χ0n) is 15.0. The number of carbonyl (C=O) groups excluding carboxylic acids is 1. The van der Waals surface area contributed by atoms with Crippen molar-refractivity contribution < 1.29 is 13.2 Å². The molecule has 1 amide bonds. The highest BCUT2D eigenvalue weighted by molar-refractivity contribution is 7.88. The third-order valence-corrected chi connectivity index (χ3v) is 5.03. The molecule has 0 atom stereocenters. The number of benzene rings is 2. The van der Waals surface area contributed by atoms with Crippen molar-refractivity contribution >= 4 is 22.0 Å². The Morgan fingerprint density at radius 3 is 2.23 bits per heavy atom. The van der Waals surface area contributed by atoms with E-state index in [1.807, 2.05) is 42.5 Å². The quantitative estimate of drug-likeness (QED) is 0.700. The van der Waals surface area contributed by atoms with Crippen LogP contribution in [0.25, 0.3) is 6.08 Å². The first-order valence-electron chi connectivity index (χ1n) is 8.43. The Kier molecular flexibility index (Phi) is 7.12. The van der Waals surface area contributed by atoms with Gasteiger partial charge >= 0.3 is 0 Å². The van der Waals surface area contributed by atoms with Crippen molar-refractivity contribution in [3.05, 3.63) is 77.4 Å². The van der Waals surface area contributed by atoms with Gasteiger partial charge in [0.1, 0.15) is 0 Å². The summed E-state index contributed by atoms with van der Waals surface area (Å²) in [4.78, 5) is 11.9. The Labute approximate surface area is 155 Å². The van der Waals surface area contributed by atoms with Gasteiger partial charge in [0.05, 0.1) is 5.75 Å². The molecular formula is C20H24N2O3S. The Balaban J connectivity index is 1.85. The van der Waals surface area contributed by atoms with Crippen LogP contribution in [0.5, 0.6) is 0 Å². The molecule has 0 saturated heterocycles. The van der Waals surface area contributed by atoms with Crippen LogP contribution in [0, 0.1) is 0 Å². The van der Waals surface area contributed by atoms with Crippen molar-refractivity contribution in [3.8, 4) is 0 Å². The third-order valence-electron chi connectivity index (χ3n) is 3.49. The van der Waals surface area contributed by atoms with E-state index in [0.29, 0.717) is 12.1 Å². The molecule has 2 rings (SSSR count). The standard InChI is InChI=1S/C20H24N2O3S/c1-16(2)22-26(24,25)15-19-10-8-18(9-11-19)14-21-20(23)13-12-17-6-4-3-5-7-17/h3-13,16,22H,14-15H2,1-2H3,(H,21,23)/b13-12+. The van der Waals surface area contributed by atoms with Crippen molar-refractivity contribution in [2.75, 3.05) is 0 Å². The number of amides is 1. The zero-order valence-corrected chi connectivity index (χ0v) is 15.8. The van der Waals surface area contributed by atoms with E-state index in [9.17, 15) is 13.2 Å². The number of hydrogen-bond acceptors (Lipinski definition) is 3. The molecule has 0 bridgehead atoms. The fraction of sp³-hybridized carbons (Fsp3) is 0.250. The van der Waals surface area contributed by atoms with Crippen molar-refractivity contribution in [2.45, 2.75) is 32.2 Å². The Morgan fingerprint density at radius 1 is 1.00 bits per heavy atom. The maximum Gasteiger partial charge on any atom is 0.244 e. The highest BCUT2D eigenvalue weighted by Crippen LogP contribution is 2.08. The fourth-order valence-electron chi connectivity index (χ4n) is 2.36. The lowest BCUT2D eigenvalue weighted by molar-refractivity contribution is -0.116. The minimum atomic E-state index is -3.34. The van der Waals surface area contributed by atoms with Gasteiger partial charge in [-0.05, 0) is 36.6 Å². The lowest BCUT2D eigenvalue weighted by atomic mass is 10.1. The van der Waals surface area contributed by atoms with Crippen LogP contribution in [0.1, 0.15) is 30.5 Å². The zero-order chi connectivity index (χ0) is 19.0. The number of rotatable bonds is 8. The van der Waals surface area contributed by atoms with Gasteiger partial charge in [0, 0.05) is 18.7 Å². The van der Waals surface area contributed by atoms with E-state index >= 15 is 0 Å². The van der Waals surface area contributed by atoms with Gasteiger partial charge < -0.3 is 5.32 Å². The van der Waals surface area contributed by atoms with Crippen molar-refractivity contribution in [2.24, 2.45) is 0 Å². The molecule has 0 radical (unpaired) electrons. The fourth-order valence-corrected chi connectivity index (χ4v) is 3.79. The maximum atomic E-state index is 11.9. The molecule has 2 N–H and O–H groups in total. The molecule has 0 heterocycles. The van der Waals surface area contributed by atoms with Crippen LogP contribution >= 0.6 is 0 Å². The van der Waals surface area contributed by atoms with Gasteiger partial charge in [0.15, 0.2) is 0 Å². The molecule has 2 aromatic rings. The Bertz CT molecular complexity index is 842. The van der Waals surface area contributed by atoms with Gasteiger partial charge in [0.2, 0.25) is 15.9 Å². The SMILES string of the molecule is CC(C)NS(=O)(=O)Cc1ccc(CNC(=O)/C=C/c2ccccc2)cc1. The smallest absolute Gasteiger partial charge is 0.244 e. The van der Waals surface area contributed by atoms with Crippen LogP contribution in [0.15, 0.2) is 60.7 Å². The van der Waals surface area contributed by atoms with Gasteiger partial charge in [-0.15, -0.1) is 0 Å². The molecular weight excluding hydrogens is 348 g/mol. The lowest BCUT2D eigenvalue weighted by Gasteiger charge is -2.10. The molecule has 0 aliphatic carbocycles. The summed E-state index contributed by atoms with van der Waals surface area (Å²) < 4.78 is 26.4. The Morgan fingerprint density at radius 2 is 1.62 bits per heavy atom. The summed E-state index contributed by atoms with van der Waals surface area (Å²) in [7, 11) is -3.34. The van der Waals surface area contributed by atoms with E-state index in [2.05, 4.69) is 10.0 Å². The van der Waals surface area contributed by atoms with Gasteiger partial charge in [-0.3, -0.25) is 4.79 Å². The summed E-state index contributed by atoms with van der Waals surface area (Å²) in [5.74, 6) is -0.237. The van der Waals surface area contributed by atoms with E-state index in [-0.39, 0.29) is 17.7 Å². The molecule has 138 valence electrons. The van der Waals surface area contributed by atoms with Crippen LogP contribution in [0.2, 0.25) is 0 Å². The number of carbonyl (C=O) groups is 1. The second-order valence-electron chi connectivity index (χ2n) is 6.31. The summed E-state index contributed by atoms with van der Waals surface area (Å²) in [5.41, 5.74) is 2.57. The topological polar surface area (TPSA) is 75.3 Å². The second kappa shape index (κ2) is 9.31. The molecule has 0 aromatic heterocycles. The third kappa shape index (κ3) is 7.21. The van der Waals surface area contributed by atoms with Gasteiger partial charge in [-0.25, -0.2) is 13.1 Å². The van der Waals surface area contributed by atoms with E-state index in [4.69, 9.17) is 0 Å². The van der Waals surface area contributed by atoms with Crippen molar-refractivity contribution in [1.29, 1.82) is 0 Å². The first kappa shape index (κ1) is 19.9. The van der Waals surface area contributed by atoms with E-state index < -0.39 is 10.0 Å². The predicted molar refractivity (Wildman–Crippen MR) is 105 cm³/mol. The number of nitrogens with one attached hydrogen (secondary N) is 2. The average molecular weight is 372 g/mol. The molecule has 0 spiro atoms. The highest BCUT2D eigenvalue weighted by atomic mass is 32.2. The highest BCUT2D eigenvalue weighted by Gasteiger charge is 2.12. The summed E-state index contributed by atoms with van der Waals surface area (Å²) >= 11 is 0. The Hall–Kier alpha value is -2.44. The average Bonchev–Trinajstić information content (AvgIpc) is 2.59.